The minimum atomic E-state index is -2.77. The lowest BCUT2D eigenvalue weighted by Crippen LogP contribution is -2.74. The number of thiophene rings is 1. The average molecular weight is 544 g/mol. The first-order valence-electron chi connectivity index (χ1n) is 13.4. The maximum absolute atomic E-state index is 9.33. The molecular formula is C37H25NSSi. The number of nitrogens with zero attached hydrogens (tertiary/aromatic N) is 1. The summed E-state index contributed by atoms with van der Waals surface area (Å²) in [6, 6.07) is 57.2. The molecule has 1 heterocycles. The van der Waals surface area contributed by atoms with Crippen LogP contribution in [0.2, 0.25) is 0 Å². The third kappa shape index (κ3) is 3.89. The van der Waals surface area contributed by atoms with Crippen molar-refractivity contribution >= 4 is 60.3 Å². The van der Waals surface area contributed by atoms with Gasteiger partial charge in [-0.25, -0.2) is 0 Å². The molecule has 0 saturated heterocycles. The van der Waals surface area contributed by atoms with Crippen molar-refractivity contribution in [3.8, 4) is 17.2 Å². The van der Waals surface area contributed by atoms with Crippen LogP contribution in [-0.4, -0.2) is 8.07 Å². The van der Waals surface area contributed by atoms with Crippen LogP contribution in [0.15, 0.2) is 152 Å². The van der Waals surface area contributed by atoms with Crippen molar-refractivity contribution in [2.75, 3.05) is 0 Å². The Morgan fingerprint density at radius 1 is 0.500 bits per heavy atom. The molecule has 0 N–H and O–H groups in total. The van der Waals surface area contributed by atoms with Gasteiger partial charge < -0.3 is 0 Å². The molecule has 1 aromatic heterocycles. The van der Waals surface area contributed by atoms with Gasteiger partial charge in [0.25, 0.3) is 0 Å². The van der Waals surface area contributed by atoms with Crippen molar-refractivity contribution in [1.82, 2.24) is 0 Å². The normalized spacial score (nSPS) is 11.5. The van der Waals surface area contributed by atoms with Gasteiger partial charge in [0.15, 0.2) is 8.07 Å². The van der Waals surface area contributed by atoms with Crippen molar-refractivity contribution in [2.45, 2.75) is 0 Å². The first kappa shape index (κ1) is 24.3. The molecule has 3 heteroatoms. The molecular weight excluding hydrogens is 519 g/mol. The summed E-state index contributed by atoms with van der Waals surface area (Å²) in [5.74, 6) is 0. The first-order chi connectivity index (χ1) is 19.8. The number of benzene rings is 6. The maximum atomic E-state index is 9.33. The molecule has 0 fully saturated rings. The van der Waals surface area contributed by atoms with E-state index in [4.69, 9.17) is 0 Å². The van der Waals surface area contributed by atoms with Gasteiger partial charge in [-0.15, -0.1) is 11.3 Å². The van der Waals surface area contributed by atoms with Gasteiger partial charge in [-0.2, -0.15) is 5.26 Å². The van der Waals surface area contributed by atoms with Crippen molar-refractivity contribution in [3.63, 3.8) is 0 Å². The quantitative estimate of drug-likeness (QED) is 0.170. The van der Waals surface area contributed by atoms with Gasteiger partial charge in [0.05, 0.1) is 11.6 Å². The van der Waals surface area contributed by atoms with Crippen LogP contribution in [0.1, 0.15) is 5.56 Å². The summed E-state index contributed by atoms with van der Waals surface area (Å²) >= 11 is 1.88. The Kier molecular flexibility index (Phi) is 6.13. The monoisotopic (exact) mass is 543 g/mol. The predicted octanol–water partition coefficient (Wildman–Crippen LogP) is 6.97. The van der Waals surface area contributed by atoms with Crippen LogP contribution in [0.5, 0.6) is 0 Å². The van der Waals surface area contributed by atoms with Gasteiger partial charge in [-0.3, -0.25) is 0 Å². The number of nitriles is 1. The lowest BCUT2D eigenvalue weighted by Gasteiger charge is -2.35. The van der Waals surface area contributed by atoms with E-state index in [2.05, 4.69) is 146 Å². The Bertz CT molecular complexity index is 1960. The molecule has 0 bridgehead atoms. The molecule has 0 spiro atoms. The summed E-state index contributed by atoms with van der Waals surface area (Å²) < 4.78 is 2.64. The van der Waals surface area contributed by atoms with Crippen molar-refractivity contribution in [3.05, 3.63) is 157 Å². The summed E-state index contributed by atoms with van der Waals surface area (Å²) in [5, 5.41) is 17.5. The minimum Gasteiger partial charge on any atom is -0.192 e. The fourth-order valence-electron chi connectivity index (χ4n) is 6.10. The molecule has 0 aliphatic rings. The highest BCUT2D eigenvalue weighted by Crippen LogP contribution is 2.34. The van der Waals surface area contributed by atoms with E-state index < -0.39 is 8.07 Å². The van der Waals surface area contributed by atoms with Gasteiger partial charge in [0.2, 0.25) is 0 Å². The third-order valence-corrected chi connectivity index (χ3v) is 13.8. The van der Waals surface area contributed by atoms with Crippen LogP contribution in [0, 0.1) is 11.3 Å². The summed E-state index contributed by atoms with van der Waals surface area (Å²) in [7, 11) is -2.77. The second kappa shape index (κ2) is 10.1. The molecule has 0 atom stereocenters. The van der Waals surface area contributed by atoms with E-state index in [-0.39, 0.29) is 0 Å². The maximum Gasteiger partial charge on any atom is 0.180 e. The number of hydrogen-bond donors (Lipinski definition) is 0. The van der Waals surface area contributed by atoms with E-state index in [1.807, 2.05) is 23.5 Å². The number of rotatable bonds is 5. The van der Waals surface area contributed by atoms with E-state index in [0.717, 1.165) is 11.1 Å². The van der Waals surface area contributed by atoms with Crippen molar-refractivity contribution in [1.29, 1.82) is 5.26 Å². The van der Waals surface area contributed by atoms with Gasteiger partial charge in [0, 0.05) is 20.2 Å². The molecule has 0 aliphatic carbocycles. The number of hydrogen-bond acceptors (Lipinski definition) is 2. The summed E-state index contributed by atoms with van der Waals surface area (Å²) in [5.41, 5.74) is 2.95. The molecule has 0 radical (unpaired) electrons. The average Bonchev–Trinajstić information content (AvgIpc) is 3.42. The second-order valence-electron chi connectivity index (χ2n) is 10.0. The molecule has 7 rings (SSSR count). The molecule has 0 aliphatic heterocycles. The highest BCUT2D eigenvalue weighted by Gasteiger charge is 2.43. The third-order valence-electron chi connectivity index (χ3n) is 7.86. The SMILES string of the molecule is N#Cc1ccc(-c2cccc([Si](c3ccccc3)(c3ccccc3)c3cccc4sc5ccccc5c34)c2)cc1. The smallest absolute Gasteiger partial charge is 0.180 e. The van der Waals surface area contributed by atoms with E-state index in [9.17, 15) is 5.26 Å². The Hall–Kier alpha value is -4.75. The summed E-state index contributed by atoms with van der Waals surface area (Å²) in [6.07, 6.45) is 0. The van der Waals surface area contributed by atoms with Crippen LogP contribution >= 0.6 is 11.3 Å². The highest BCUT2D eigenvalue weighted by atomic mass is 32.1. The van der Waals surface area contributed by atoms with Crippen LogP contribution in [0.3, 0.4) is 0 Å². The van der Waals surface area contributed by atoms with Gasteiger partial charge >= 0.3 is 0 Å². The van der Waals surface area contributed by atoms with Crippen LogP contribution in [0.25, 0.3) is 31.3 Å². The Morgan fingerprint density at radius 3 is 1.80 bits per heavy atom. The topological polar surface area (TPSA) is 23.8 Å². The van der Waals surface area contributed by atoms with E-state index in [0.29, 0.717) is 5.56 Å². The lowest BCUT2D eigenvalue weighted by atomic mass is 10.0. The molecule has 0 saturated carbocycles. The minimum absolute atomic E-state index is 0.674. The fraction of sp³-hybridized carbons (Fsp3) is 0. The zero-order valence-corrected chi connectivity index (χ0v) is 23.6. The molecule has 6 aromatic carbocycles. The molecule has 1 nitrogen and oxygen atoms in total. The van der Waals surface area contributed by atoms with Gasteiger partial charge in [-0.1, -0.05) is 127 Å². The molecule has 7 aromatic rings. The highest BCUT2D eigenvalue weighted by molar-refractivity contribution is 7.27. The van der Waals surface area contributed by atoms with Gasteiger partial charge in [0.1, 0.15) is 0 Å². The molecule has 40 heavy (non-hydrogen) atoms. The molecule has 188 valence electrons. The lowest BCUT2D eigenvalue weighted by molar-refractivity contribution is 1.48. The van der Waals surface area contributed by atoms with Crippen molar-refractivity contribution < 1.29 is 0 Å². The Morgan fingerprint density at radius 2 is 1.10 bits per heavy atom. The Labute approximate surface area is 239 Å². The fourth-order valence-corrected chi connectivity index (χ4v) is 12.3. The predicted molar refractivity (Wildman–Crippen MR) is 173 cm³/mol. The van der Waals surface area contributed by atoms with E-state index >= 15 is 0 Å². The largest absolute Gasteiger partial charge is 0.192 e. The first-order valence-corrected chi connectivity index (χ1v) is 16.2. The molecule has 0 amide bonds. The van der Waals surface area contributed by atoms with Crippen LogP contribution in [-0.2, 0) is 0 Å². The van der Waals surface area contributed by atoms with Crippen LogP contribution < -0.4 is 20.7 Å². The van der Waals surface area contributed by atoms with E-state index in [1.54, 1.807) is 0 Å². The second-order valence-corrected chi connectivity index (χ2v) is 14.9. The zero-order chi connectivity index (χ0) is 26.9. The van der Waals surface area contributed by atoms with Gasteiger partial charge in [-0.05, 0) is 56.1 Å². The summed E-state index contributed by atoms with van der Waals surface area (Å²) in [6.45, 7) is 0. The van der Waals surface area contributed by atoms with Crippen molar-refractivity contribution in [2.24, 2.45) is 0 Å². The number of fused-ring (bicyclic) bond motifs is 3. The molecule has 0 unspecified atom stereocenters. The standard InChI is InChI=1S/C37H25NSSi/c38-26-27-21-23-28(24-22-27)29-11-9-16-32(25-29)40(30-12-3-1-4-13-30,31-14-5-2-6-15-31)36-20-10-19-35-37(36)33-17-7-8-18-34(33)39-35/h1-25H. The van der Waals surface area contributed by atoms with Crippen LogP contribution in [0.4, 0.5) is 0 Å². The Balaban J connectivity index is 1.62. The zero-order valence-electron chi connectivity index (χ0n) is 21.8. The van der Waals surface area contributed by atoms with E-state index in [1.165, 1.54) is 40.9 Å². The summed E-state index contributed by atoms with van der Waals surface area (Å²) in [4.78, 5) is 0.